The van der Waals surface area contributed by atoms with Gasteiger partial charge in [-0.25, -0.2) is 0 Å². The lowest BCUT2D eigenvalue weighted by atomic mass is 10.1. The molecular weight excluding hydrogens is 194 g/mol. The molecule has 14 heavy (non-hydrogen) atoms. The number of nitrogens with one attached hydrogen (secondary N) is 1. The summed E-state index contributed by atoms with van der Waals surface area (Å²) < 4.78 is 0. The number of benzene rings is 1. The van der Waals surface area contributed by atoms with Gasteiger partial charge < -0.3 is 5.32 Å². The molecule has 76 valence electrons. The van der Waals surface area contributed by atoms with Crippen LogP contribution in [0.15, 0.2) is 30.9 Å². The van der Waals surface area contributed by atoms with Gasteiger partial charge in [0.05, 0.1) is 0 Å². The van der Waals surface area contributed by atoms with Crippen LogP contribution < -0.4 is 5.32 Å². The molecular formula is C12H16ClN. The fourth-order valence-corrected chi connectivity index (χ4v) is 1.39. The summed E-state index contributed by atoms with van der Waals surface area (Å²) in [6, 6.07) is 6.16. The van der Waals surface area contributed by atoms with E-state index in [9.17, 15) is 0 Å². The molecule has 0 atom stereocenters. The lowest BCUT2D eigenvalue weighted by Crippen LogP contribution is -2.13. The molecule has 2 heteroatoms. The number of rotatable bonds is 5. The molecule has 0 fully saturated rings. The number of hydrogen-bond donors (Lipinski definition) is 1. The van der Waals surface area contributed by atoms with E-state index >= 15 is 0 Å². The van der Waals surface area contributed by atoms with Crippen LogP contribution in [-0.2, 0) is 6.54 Å². The van der Waals surface area contributed by atoms with E-state index in [0.717, 1.165) is 30.1 Å². The molecule has 1 aromatic rings. The predicted octanol–water partition coefficient (Wildman–Crippen LogP) is 3.31. The molecule has 0 unspecified atom stereocenters. The fourth-order valence-electron chi connectivity index (χ4n) is 1.18. The summed E-state index contributed by atoms with van der Waals surface area (Å²) in [5, 5.41) is 4.16. The van der Waals surface area contributed by atoms with Crippen molar-refractivity contribution in [2.24, 2.45) is 0 Å². The molecule has 0 aliphatic carbocycles. The minimum absolute atomic E-state index is 0.841. The molecule has 0 bridgehead atoms. The van der Waals surface area contributed by atoms with Gasteiger partial charge in [0.2, 0.25) is 0 Å². The van der Waals surface area contributed by atoms with Gasteiger partial charge in [-0.1, -0.05) is 29.8 Å². The quantitative estimate of drug-likeness (QED) is 0.580. The Balaban J connectivity index is 2.43. The fraction of sp³-hybridized carbons (Fsp3) is 0.333. The third-order valence-electron chi connectivity index (χ3n) is 2.09. The second-order valence-electron chi connectivity index (χ2n) is 3.34. The lowest BCUT2D eigenvalue weighted by molar-refractivity contribution is 0.696. The van der Waals surface area contributed by atoms with Crippen LogP contribution in [0.4, 0.5) is 0 Å². The molecule has 0 aliphatic rings. The first-order valence-electron chi connectivity index (χ1n) is 4.80. The zero-order valence-electron chi connectivity index (χ0n) is 8.52. The van der Waals surface area contributed by atoms with Crippen LogP contribution in [0.2, 0.25) is 5.02 Å². The van der Waals surface area contributed by atoms with Gasteiger partial charge in [-0.15, -0.1) is 6.58 Å². The highest BCUT2D eigenvalue weighted by molar-refractivity contribution is 6.31. The number of aryl methyl sites for hydroxylation is 1. The molecule has 1 aromatic carbocycles. The standard InChI is InChI=1S/C12H16ClN/c1-3-4-7-14-9-11-6-5-10(2)12(13)8-11/h3,5-6,8,14H,1,4,7,9H2,2H3. The smallest absolute Gasteiger partial charge is 0.0438 e. The Kier molecular flexibility index (Phi) is 4.71. The van der Waals surface area contributed by atoms with E-state index in [4.69, 9.17) is 11.6 Å². The molecule has 1 nitrogen and oxygen atoms in total. The Morgan fingerprint density at radius 2 is 2.29 bits per heavy atom. The first-order chi connectivity index (χ1) is 6.74. The largest absolute Gasteiger partial charge is 0.312 e. The van der Waals surface area contributed by atoms with Crippen molar-refractivity contribution in [3.8, 4) is 0 Å². The lowest BCUT2D eigenvalue weighted by Gasteiger charge is -2.05. The Hall–Kier alpha value is -0.790. The topological polar surface area (TPSA) is 12.0 Å². The van der Waals surface area contributed by atoms with Crippen molar-refractivity contribution < 1.29 is 0 Å². The maximum absolute atomic E-state index is 6.01. The normalized spacial score (nSPS) is 10.1. The van der Waals surface area contributed by atoms with Gasteiger partial charge in [0.15, 0.2) is 0 Å². The van der Waals surface area contributed by atoms with E-state index in [-0.39, 0.29) is 0 Å². The molecule has 0 aromatic heterocycles. The molecule has 0 spiro atoms. The highest BCUT2D eigenvalue weighted by atomic mass is 35.5. The van der Waals surface area contributed by atoms with E-state index < -0.39 is 0 Å². The van der Waals surface area contributed by atoms with Crippen LogP contribution >= 0.6 is 11.6 Å². The minimum atomic E-state index is 0.841. The summed E-state index contributed by atoms with van der Waals surface area (Å²) >= 11 is 6.01. The Labute approximate surface area is 90.8 Å². The van der Waals surface area contributed by atoms with Gasteiger partial charge in [-0.05, 0) is 37.1 Å². The molecule has 0 saturated heterocycles. The van der Waals surface area contributed by atoms with Crippen molar-refractivity contribution in [2.75, 3.05) is 6.54 Å². The van der Waals surface area contributed by atoms with Crippen LogP contribution in [-0.4, -0.2) is 6.54 Å². The van der Waals surface area contributed by atoms with Crippen LogP contribution in [0.3, 0.4) is 0 Å². The first kappa shape index (κ1) is 11.3. The van der Waals surface area contributed by atoms with E-state index in [1.165, 1.54) is 5.56 Å². The second kappa shape index (κ2) is 5.84. The molecule has 0 aliphatic heterocycles. The first-order valence-corrected chi connectivity index (χ1v) is 5.18. The van der Waals surface area contributed by atoms with Crippen molar-refractivity contribution >= 4 is 11.6 Å². The van der Waals surface area contributed by atoms with E-state index in [1.807, 2.05) is 25.1 Å². The molecule has 0 radical (unpaired) electrons. The summed E-state index contributed by atoms with van der Waals surface area (Å²) in [6.45, 7) is 7.52. The van der Waals surface area contributed by atoms with E-state index in [0.29, 0.717) is 0 Å². The minimum Gasteiger partial charge on any atom is -0.312 e. The van der Waals surface area contributed by atoms with Crippen molar-refractivity contribution in [1.29, 1.82) is 0 Å². The van der Waals surface area contributed by atoms with Gasteiger partial charge in [0, 0.05) is 11.6 Å². The zero-order chi connectivity index (χ0) is 10.4. The highest BCUT2D eigenvalue weighted by Gasteiger charge is 1.96. The van der Waals surface area contributed by atoms with Crippen LogP contribution in [0, 0.1) is 6.92 Å². The second-order valence-corrected chi connectivity index (χ2v) is 3.74. The van der Waals surface area contributed by atoms with Gasteiger partial charge >= 0.3 is 0 Å². The molecule has 1 rings (SSSR count). The van der Waals surface area contributed by atoms with Crippen LogP contribution in [0.5, 0.6) is 0 Å². The third-order valence-corrected chi connectivity index (χ3v) is 2.50. The highest BCUT2D eigenvalue weighted by Crippen LogP contribution is 2.16. The summed E-state index contributed by atoms with van der Waals surface area (Å²) in [5.74, 6) is 0. The van der Waals surface area contributed by atoms with E-state index in [2.05, 4.69) is 18.0 Å². The average Bonchev–Trinajstić information content (AvgIpc) is 2.18. The zero-order valence-corrected chi connectivity index (χ0v) is 9.27. The van der Waals surface area contributed by atoms with Crippen molar-refractivity contribution in [3.63, 3.8) is 0 Å². The maximum atomic E-state index is 6.01. The SMILES string of the molecule is C=CCCNCc1ccc(C)c(Cl)c1. The number of hydrogen-bond acceptors (Lipinski definition) is 1. The molecule has 0 heterocycles. The maximum Gasteiger partial charge on any atom is 0.0438 e. The van der Waals surface area contributed by atoms with Crippen molar-refractivity contribution in [2.45, 2.75) is 19.9 Å². The Morgan fingerprint density at radius 3 is 2.93 bits per heavy atom. The van der Waals surface area contributed by atoms with Gasteiger partial charge in [-0.2, -0.15) is 0 Å². The van der Waals surface area contributed by atoms with Crippen LogP contribution in [0.25, 0.3) is 0 Å². The Morgan fingerprint density at radius 1 is 1.50 bits per heavy atom. The van der Waals surface area contributed by atoms with Crippen LogP contribution in [0.1, 0.15) is 17.5 Å². The molecule has 0 amide bonds. The van der Waals surface area contributed by atoms with Crippen molar-refractivity contribution in [1.82, 2.24) is 5.32 Å². The Bertz CT molecular complexity index is 307. The predicted molar refractivity (Wildman–Crippen MR) is 62.7 cm³/mol. The average molecular weight is 210 g/mol. The monoisotopic (exact) mass is 209 g/mol. The molecule has 1 N–H and O–H groups in total. The summed E-state index contributed by atoms with van der Waals surface area (Å²) in [6.07, 6.45) is 2.91. The summed E-state index contributed by atoms with van der Waals surface area (Å²) in [7, 11) is 0. The van der Waals surface area contributed by atoms with Gasteiger partial charge in [0.25, 0.3) is 0 Å². The molecule has 0 saturated carbocycles. The van der Waals surface area contributed by atoms with Crippen molar-refractivity contribution in [3.05, 3.63) is 47.0 Å². The van der Waals surface area contributed by atoms with Gasteiger partial charge in [-0.3, -0.25) is 0 Å². The summed E-state index contributed by atoms with van der Waals surface area (Å²) in [4.78, 5) is 0. The summed E-state index contributed by atoms with van der Waals surface area (Å²) in [5.41, 5.74) is 2.35. The van der Waals surface area contributed by atoms with Gasteiger partial charge in [0.1, 0.15) is 0 Å². The van der Waals surface area contributed by atoms with E-state index in [1.54, 1.807) is 0 Å². The third kappa shape index (κ3) is 3.52. The number of halogens is 1.